The molecule has 2 rings (SSSR count). The van der Waals surface area contributed by atoms with E-state index in [2.05, 4.69) is 5.32 Å². The molecule has 1 fully saturated rings. The molecule has 0 unspecified atom stereocenters. The van der Waals surface area contributed by atoms with Crippen LogP contribution in [-0.4, -0.2) is 49.3 Å². The minimum absolute atomic E-state index is 0.0716. The molecule has 0 radical (unpaired) electrons. The van der Waals surface area contributed by atoms with Gasteiger partial charge in [-0.05, 0) is 37.8 Å². The van der Waals surface area contributed by atoms with Crippen molar-refractivity contribution in [3.05, 3.63) is 30.1 Å². The summed E-state index contributed by atoms with van der Waals surface area (Å²) in [5.74, 6) is -2.08. The Bertz CT molecular complexity index is 745. The average Bonchev–Trinajstić information content (AvgIpc) is 2.61. The first-order valence-electron chi connectivity index (χ1n) is 8.56. The van der Waals surface area contributed by atoms with Crippen LogP contribution in [0.1, 0.15) is 32.1 Å². The SMILES string of the molecule is O=C(O)CCCCNC(=O)C1CCN(S(=O)(=O)c2ccccc2F)CC1. The van der Waals surface area contributed by atoms with E-state index in [1.54, 1.807) is 0 Å². The van der Waals surface area contributed by atoms with Crippen molar-refractivity contribution in [1.29, 1.82) is 0 Å². The van der Waals surface area contributed by atoms with Crippen molar-refractivity contribution in [3.63, 3.8) is 0 Å². The number of halogens is 1. The Labute approximate surface area is 152 Å². The van der Waals surface area contributed by atoms with Gasteiger partial charge in [0.2, 0.25) is 15.9 Å². The van der Waals surface area contributed by atoms with Gasteiger partial charge in [-0.15, -0.1) is 0 Å². The van der Waals surface area contributed by atoms with E-state index >= 15 is 0 Å². The van der Waals surface area contributed by atoms with Crippen LogP contribution < -0.4 is 5.32 Å². The van der Waals surface area contributed by atoms with Gasteiger partial charge in [0, 0.05) is 32.0 Å². The van der Waals surface area contributed by atoms with Crippen LogP contribution in [0, 0.1) is 11.7 Å². The number of carboxylic acid groups (broad SMARTS) is 1. The summed E-state index contributed by atoms with van der Waals surface area (Å²) in [6.07, 6.45) is 1.89. The highest BCUT2D eigenvalue weighted by Gasteiger charge is 2.33. The quantitative estimate of drug-likeness (QED) is 0.661. The molecule has 0 aromatic heterocycles. The number of benzene rings is 1. The second-order valence-corrected chi connectivity index (χ2v) is 8.16. The molecule has 144 valence electrons. The summed E-state index contributed by atoms with van der Waals surface area (Å²) in [7, 11) is -3.90. The summed E-state index contributed by atoms with van der Waals surface area (Å²) in [6.45, 7) is 0.724. The molecule has 9 heteroatoms. The highest BCUT2D eigenvalue weighted by atomic mass is 32.2. The number of sulfonamides is 1. The summed E-state index contributed by atoms with van der Waals surface area (Å²) >= 11 is 0. The Morgan fingerprint density at radius 1 is 1.19 bits per heavy atom. The van der Waals surface area contributed by atoms with E-state index in [1.165, 1.54) is 22.5 Å². The zero-order valence-electron chi connectivity index (χ0n) is 14.4. The number of nitrogens with one attached hydrogen (secondary N) is 1. The van der Waals surface area contributed by atoms with Crippen LogP contribution in [-0.2, 0) is 19.6 Å². The number of nitrogens with zero attached hydrogens (tertiary/aromatic N) is 1. The number of carbonyl (C=O) groups excluding carboxylic acids is 1. The standard InChI is InChI=1S/C17H23FN2O5S/c18-14-5-1-2-6-15(14)26(24,25)20-11-8-13(9-12-20)17(23)19-10-4-3-7-16(21)22/h1-2,5-6,13H,3-4,7-12H2,(H,19,23)(H,21,22). The third-order valence-electron chi connectivity index (χ3n) is 4.40. The van der Waals surface area contributed by atoms with E-state index in [1.807, 2.05) is 0 Å². The van der Waals surface area contributed by atoms with Crippen LogP contribution >= 0.6 is 0 Å². The monoisotopic (exact) mass is 386 g/mol. The van der Waals surface area contributed by atoms with E-state index in [4.69, 9.17) is 5.11 Å². The van der Waals surface area contributed by atoms with E-state index in [0.717, 1.165) is 6.07 Å². The van der Waals surface area contributed by atoms with Crippen molar-refractivity contribution in [1.82, 2.24) is 9.62 Å². The van der Waals surface area contributed by atoms with Crippen molar-refractivity contribution >= 4 is 21.9 Å². The van der Waals surface area contributed by atoms with Gasteiger partial charge < -0.3 is 10.4 Å². The van der Waals surface area contributed by atoms with Crippen LogP contribution in [0.25, 0.3) is 0 Å². The summed E-state index contributed by atoms with van der Waals surface area (Å²) in [5.41, 5.74) is 0. The molecule has 0 aliphatic carbocycles. The number of rotatable bonds is 8. The fourth-order valence-corrected chi connectivity index (χ4v) is 4.44. The summed E-state index contributed by atoms with van der Waals surface area (Å²) < 4.78 is 40.0. The maximum absolute atomic E-state index is 13.8. The Morgan fingerprint density at radius 2 is 1.85 bits per heavy atom. The van der Waals surface area contributed by atoms with Crippen molar-refractivity contribution in [2.24, 2.45) is 5.92 Å². The molecule has 0 saturated carbocycles. The van der Waals surface area contributed by atoms with Gasteiger partial charge in [0.05, 0.1) is 0 Å². The minimum atomic E-state index is -3.90. The molecule has 1 aromatic rings. The summed E-state index contributed by atoms with van der Waals surface area (Å²) in [6, 6.07) is 5.25. The lowest BCUT2D eigenvalue weighted by molar-refractivity contribution is -0.137. The van der Waals surface area contributed by atoms with Crippen LogP contribution in [0.5, 0.6) is 0 Å². The zero-order chi connectivity index (χ0) is 19.2. The van der Waals surface area contributed by atoms with Crippen LogP contribution in [0.4, 0.5) is 4.39 Å². The fourth-order valence-electron chi connectivity index (χ4n) is 2.91. The van der Waals surface area contributed by atoms with E-state index in [9.17, 15) is 22.4 Å². The lowest BCUT2D eigenvalue weighted by Gasteiger charge is -2.30. The number of unbranched alkanes of at least 4 members (excludes halogenated alkanes) is 1. The van der Waals surface area contributed by atoms with E-state index < -0.39 is 21.8 Å². The number of aliphatic carboxylic acids is 1. The van der Waals surface area contributed by atoms with E-state index in [0.29, 0.717) is 32.2 Å². The highest BCUT2D eigenvalue weighted by Crippen LogP contribution is 2.25. The number of amides is 1. The van der Waals surface area contributed by atoms with Crippen molar-refractivity contribution in [2.45, 2.75) is 37.0 Å². The first-order chi connectivity index (χ1) is 12.3. The molecule has 1 amide bonds. The zero-order valence-corrected chi connectivity index (χ0v) is 15.2. The second-order valence-electron chi connectivity index (χ2n) is 6.25. The highest BCUT2D eigenvalue weighted by molar-refractivity contribution is 7.89. The molecule has 0 bridgehead atoms. The summed E-state index contributed by atoms with van der Waals surface area (Å²) in [4.78, 5) is 22.2. The molecular formula is C17H23FN2O5S. The molecule has 1 aromatic carbocycles. The fraction of sp³-hybridized carbons (Fsp3) is 0.529. The average molecular weight is 386 g/mol. The van der Waals surface area contributed by atoms with Gasteiger partial charge in [-0.25, -0.2) is 12.8 Å². The van der Waals surface area contributed by atoms with Gasteiger partial charge in [-0.1, -0.05) is 12.1 Å². The van der Waals surface area contributed by atoms with Crippen molar-refractivity contribution < 1.29 is 27.5 Å². The van der Waals surface area contributed by atoms with Gasteiger partial charge in [-0.3, -0.25) is 9.59 Å². The molecular weight excluding hydrogens is 363 g/mol. The number of hydrogen-bond donors (Lipinski definition) is 2. The van der Waals surface area contributed by atoms with Crippen LogP contribution in [0.2, 0.25) is 0 Å². The lowest BCUT2D eigenvalue weighted by atomic mass is 9.97. The van der Waals surface area contributed by atoms with E-state index in [-0.39, 0.29) is 36.2 Å². The number of hydrogen-bond acceptors (Lipinski definition) is 4. The second kappa shape index (κ2) is 9.09. The Balaban J connectivity index is 1.82. The normalized spacial score (nSPS) is 16.3. The van der Waals surface area contributed by atoms with Crippen molar-refractivity contribution in [2.75, 3.05) is 19.6 Å². The third-order valence-corrected chi connectivity index (χ3v) is 6.33. The topological polar surface area (TPSA) is 104 Å². The maximum atomic E-state index is 13.8. The Kier molecular flexibility index (Phi) is 7.10. The predicted octanol–water partition coefficient (Wildman–Crippen LogP) is 1.60. The molecule has 1 saturated heterocycles. The molecule has 0 spiro atoms. The third kappa shape index (κ3) is 5.25. The van der Waals surface area contributed by atoms with Gasteiger partial charge in [0.25, 0.3) is 0 Å². The Hall–Kier alpha value is -2.00. The number of piperidine rings is 1. The molecule has 26 heavy (non-hydrogen) atoms. The van der Waals surface area contributed by atoms with Crippen LogP contribution in [0.3, 0.4) is 0 Å². The van der Waals surface area contributed by atoms with Crippen molar-refractivity contribution in [3.8, 4) is 0 Å². The first-order valence-corrected chi connectivity index (χ1v) is 10.0. The molecule has 2 N–H and O–H groups in total. The maximum Gasteiger partial charge on any atom is 0.303 e. The molecule has 1 heterocycles. The molecule has 7 nitrogen and oxygen atoms in total. The van der Waals surface area contributed by atoms with Gasteiger partial charge in [-0.2, -0.15) is 4.31 Å². The predicted molar refractivity (Wildman–Crippen MR) is 92.4 cm³/mol. The smallest absolute Gasteiger partial charge is 0.303 e. The van der Waals surface area contributed by atoms with Gasteiger partial charge in [0.15, 0.2) is 0 Å². The Morgan fingerprint density at radius 3 is 2.46 bits per heavy atom. The summed E-state index contributed by atoms with van der Waals surface area (Å²) in [5, 5.41) is 11.3. The first kappa shape index (κ1) is 20.3. The van der Waals surface area contributed by atoms with Gasteiger partial charge in [0.1, 0.15) is 10.7 Å². The molecule has 0 atom stereocenters. The van der Waals surface area contributed by atoms with Crippen LogP contribution in [0.15, 0.2) is 29.2 Å². The van der Waals surface area contributed by atoms with Gasteiger partial charge >= 0.3 is 5.97 Å². The number of carboxylic acids is 1. The number of carbonyl (C=O) groups is 2. The molecule has 1 aliphatic rings. The molecule has 1 aliphatic heterocycles. The lowest BCUT2D eigenvalue weighted by Crippen LogP contribution is -2.43. The largest absolute Gasteiger partial charge is 0.481 e. The minimum Gasteiger partial charge on any atom is -0.481 e.